The molecule has 1 fully saturated rings. The lowest BCUT2D eigenvalue weighted by molar-refractivity contribution is 0.263. The molecule has 17 heavy (non-hydrogen) atoms. The maximum Gasteiger partial charge on any atom is 0.182 e. The molecule has 1 aliphatic rings. The van der Waals surface area contributed by atoms with Crippen LogP contribution in [-0.2, 0) is 0 Å². The molecule has 0 aliphatic carbocycles. The Morgan fingerprint density at radius 1 is 1.41 bits per heavy atom. The van der Waals surface area contributed by atoms with Gasteiger partial charge in [0, 0.05) is 19.7 Å². The van der Waals surface area contributed by atoms with Gasteiger partial charge in [-0.25, -0.2) is 15.0 Å². The number of aliphatic hydroxyl groups excluding tert-OH is 1. The largest absolute Gasteiger partial charge is 0.396 e. The molecule has 0 radical (unpaired) electrons. The van der Waals surface area contributed by atoms with Crippen molar-refractivity contribution >= 4 is 17.0 Å². The van der Waals surface area contributed by atoms with E-state index in [-0.39, 0.29) is 6.61 Å². The Bertz CT molecular complexity index is 511. The summed E-state index contributed by atoms with van der Waals surface area (Å²) in [7, 11) is 0. The summed E-state index contributed by atoms with van der Waals surface area (Å²) < 4.78 is 0. The molecule has 3 heterocycles. The highest BCUT2D eigenvalue weighted by Gasteiger charge is 2.24. The quantitative estimate of drug-likeness (QED) is 0.810. The number of fused-ring (bicyclic) bond motifs is 1. The number of nitrogens with zero attached hydrogens (tertiary/aromatic N) is 4. The number of aromatic nitrogens is 4. The summed E-state index contributed by atoms with van der Waals surface area (Å²) in [6, 6.07) is 0. The van der Waals surface area contributed by atoms with E-state index in [1.165, 1.54) is 0 Å². The number of H-pyrrole nitrogens is 1. The van der Waals surface area contributed by atoms with Gasteiger partial charge in [0.05, 0.1) is 6.33 Å². The third kappa shape index (κ3) is 1.84. The van der Waals surface area contributed by atoms with E-state index in [9.17, 15) is 0 Å². The van der Waals surface area contributed by atoms with Gasteiger partial charge >= 0.3 is 0 Å². The van der Waals surface area contributed by atoms with Crippen molar-refractivity contribution in [3.8, 4) is 0 Å². The number of rotatable bonds is 3. The molecule has 2 N–H and O–H groups in total. The second-order valence-corrected chi connectivity index (χ2v) is 4.41. The molecule has 0 bridgehead atoms. The van der Waals surface area contributed by atoms with Gasteiger partial charge in [0.25, 0.3) is 0 Å². The fourth-order valence-corrected chi connectivity index (χ4v) is 2.44. The predicted octanol–water partition coefficient (Wildman–Crippen LogP) is 0.562. The summed E-state index contributed by atoms with van der Waals surface area (Å²) in [5.41, 5.74) is 1.61. The van der Waals surface area contributed by atoms with Crippen molar-refractivity contribution < 1.29 is 5.11 Å². The van der Waals surface area contributed by atoms with Crippen LogP contribution in [0.1, 0.15) is 12.8 Å². The summed E-state index contributed by atoms with van der Waals surface area (Å²) >= 11 is 0. The minimum atomic E-state index is 0.266. The molecule has 1 atom stereocenters. The Balaban J connectivity index is 1.87. The van der Waals surface area contributed by atoms with Crippen LogP contribution in [0.3, 0.4) is 0 Å². The van der Waals surface area contributed by atoms with Crippen LogP contribution < -0.4 is 4.90 Å². The van der Waals surface area contributed by atoms with E-state index in [1.54, 1.807) is 12.7 Å². The number of hydrogen-bond donors (Lipinski definition) is 2. The minimum absolute atomic E-state index is 0.266. The van der Waals surface area contributed by atoms with Crippen LogP contribution in [0.15, 0.2) is 12.7 Å². The Morgan fingerprint density at radius 3 is 3.24 bits per heavy atom. The fraction of sp³-hybridized carbons (Fsp3) is 0.545. The standard InChI is InChI=1S/C11H15N5O/c17-4-2-8-1-3-16(5-8)11-9-10(13-6-12-9)14-7-15-11/h6-8,17H,1-5H2,(H,12,13,14,15). The Labute approximate surface area is 98.7 Å². The maximum atomic E-state index is 8.96. The van der Waals surface area contributed by atoms with Crippen LogP contribution >= 0.6 is 0 Å². The molecule has 6 heteroatoms. The molecular weight excluding hydrogens is 218 g/mol. The molecule has 2 aromatic heterocycles. The molecule has 1 unspecified atom stereocenters. The van der Waals surface area contributed by atoms with E-state index in [4.69, 9.17) is 5.11 Å². The second kappa shape index (κ2) is 4.29. The van der Waals surface area contributed by atoms with Crippen molar-refractivity contribution in [2.24, 2.45) is 5.92 Å². The number of anilines is 1. The van der Waals surface area contributed by atoms with E-state index in [0.29, 0.717) is 11.6 Å². The Kier molecular flexibility index (Phi) is 2.64. The smallest absolute Gasteiger partial charge is 0.182 e. The Morgan fingerprint density at radius 2 is 2.35 bits per heavy atom. The van der Waals surface area contributed by atoms with Gasteiger partial charge < -0.3 is 15.0 Å². The van der Waals surface area contributed by atoms with Gasteiger partial charge in [0.1, 0.15) is 11.8 Å². The fourth-order valence-electron chi connectivity index (χ4n) is 2.44. The molecule has 2 aromatic rings. The Hall–Kier alpha value is -1.69. The monoisotopic (exact) mass is 233 g/mol. The lowest BCUT2D eigenvalue weighted by atomic mass is 10.1. The van der Waals surface area contributed by atoms with Gasteiger partial charge in [-0.1, -0.05) is 0 Å². The summed E-state index contributed by atoms with van der Waals surface area (Å²) in [4.78, 5) is 17.9. The lowest BCUT2D eigenvalue weighted by Crippen LogP contribution is -2.21. The van der Waals surface area contributed by atoms with Crippen molar-refractivity contribution in [1.82, 2.24) is 19.9 Å². The van der Waals surface area contributed by atoms with Crippen LogP contribution in [-0.4, -0.2) is 44.7 Å². The van der Waals surface area contributed by atoms with Gasteiger partial charge in [0.15, 0.2) is 11.5 Å². The van der Waals surface area contributed by atoms with Crippen LogP contribution in [0.4, 0.5) is 5.82 Å². The molecule has 1 aliphatic heterocycles. The average Bonchev–Trinajstić information content (AvgIpc) is 2.96. The first kappa shape index (κ1) is 10.5. The van der Waals surface area contributed by atoms with Crippen LogP contribution in [0.25, 0.3) is 11.2 Å². The highest BCUT2D eigenvalue weighted by molar-refractivity contribution is 5.82. The van der Waals surface area contributed by atoms with Crippen molar-refractivity contribution in [2.45, 2.75) is 12.8 Å². The van der Waals surface area contributed by atoms with Crippen molar-refractivity contribution in [2.75, 3.05) is 24.6 Å². The van der Waals surface area contributed by atoms with E-state index < -0.39 is 0 Å². The summed E-state index contributed by atoms with van der Waals surface area (Å²) in [6.07, 6.45) is 5.18. The van der Waals surface area contributed by atoms with Crippen LogP contribution in [0.2, 0.25) is 0 Å². The first-order valence-electron chi connectivity index (χ1n) is 5.88. The molecule has 0 aromatic carbocycles. The molecule has 0 spiro atoms. The van der Waals surface area contributed by atoms with E-state index in [0.717, 1.165) is 37.3 Å². The van der Waals surface area contributed by atoms with Crippen molar-refractivity contribution in [1.29, 1.82) is 0 Å². The lowest BCUT2D eigenvalue weighted by Gasteiger charge is -2.17. The summed E-state index contributed by atoms with van der Waals surface area (Å²) in [5.74, 6) is 1.49. The molecular formula is C11H15N5O. The van der Waals surface area contributed by atoms with E-state index >= 15 is 0 Å². The summed E-state index contributed by atoms with van der Waals surface area (Å²) in [5, 5.41) is 8.96. The third-order valence-electron chi connectivity index (χ3n) is 3.33. The van der Waals surface area contributed by atoms with E-state index in [1.807, 2.05) is 0 Å². The van der Waals surface area contributed by atoms with Gasteiger partial charge in [-0.3, -0.25) is 0 Å². The molecule has 1 saturated heterocycles. The molecule has 90 valence electrons. The average molecular weight is 233 g/mol. The predicted molar refractivity (Wildman–Crippen MR) is 63.7 cm³/mol. The number of hydrogen-bond acceptors (Lipinski definition) is 5. The highest BCUT2D eigenvalue weighted by atomic mass is 16.3. The van der Waals surface area contributed by atoms with Gasteiger partial charge in [0.2, 0.25) is 0 Å². The zero-order valence-electron chi connectivity index (χ0n) is 9.50. The SMILES string of the molecule is OCCC1CCN(c2ncnc3nc[nH]c23)C1. The van der Waals surface area contributed by atoms with Crippen LogP contribution in [0, 0.1) is 5.92 Å². The van der Waals surface area contributed by atoms with Crippen LogP contribution in [0.5, 0.6) is 0 Å². The number of nitrogens with one attached hydrogen (secondary N) is 1. The normalized spacial score (nSPS) is 20.3. The zero-order chi connectivity index (χ0) is 11.7. The zero-order valence-corrected chi connectivity index (χ0v) is 9.50. The first-order valence-corrected chi connectivity index (χ1v) is 5.88. The topological polar surface area (TPSA) is 77.9 Å². The summed E-state index contributed by atoms with van der Waals surface area (Å²) in [6.45, 7) is 2.20. The third-order valence-corrected chi connectivity index (χ3v) is 3.33. The van der Waals surface area contributed by atoms with Crippen molar-refractivity contribution in [3.63, 3.8) is 0 Å². The number of aromatic amines is 1. The van der Waals surface area contributed by atoms with Gasteiger partial charge in [-0.05, 0) is 18.8 Å². The number of aliphatic hydroxyl groups is 1. The molecule has 3 rings (SSSR count). The molecule has 6 nitrogen and oxygen atoms in total. The van der Waals surface area contributed by atoms with Crippen molar-refractivity contribution in [3.05, 3.63) is 12.7 Å². The highest BCUT2D eigenvalue weighted by Crippen LogP contribution is 2.27. The van der Waals surface area contributed by atoms with Gasteiger partial charge in [-0.2, -0.15) is 0 Å². The minimum Gasteiger partial charge on any atom is -0.396 e. The first-order chi connectivity index (χ1) is 8.38. The number of imidazole rings is 1. The molecule has 0 saturated carbocycles. The second-order valence-electron chi connectivity index (χ2n) is 4.41. The van der Waals surface area contributed by atoms with E-state index in [2.05, 4.69) is 24.8 Å². The van der Waals surface area contributed by atoms with Gasteiger partial charge in [-0.15, -0.1) is 0 Å². The maximum absolute atomic E-state index is 8.96. The molecule has 0 amide bonds.